The fraction of sp³-hybridized carbons (Fsp3) is 0.400. The first-order valence-electron chi connectivity index (χ1n) is 4.51. The van der Waals surface area contributed by atoms with Crippen LogP contribution in [0.2, 0.25) is 0 Å². The Morgan fingerprint density at radius 2 is 1.71 bits per heavy atom. The predicted molar refractivity (Wildman–Crippen MR) is 51.7 cm³/mol. The van der Waals surface area contributed by atoms with Gasteiger partial charge in [-0.2, -0.15) is 0 Å². The summed E-state index contributed by atoms with van der Waals surface area (Å²) in [4.78, 5) is 0. The number of rotatable bonds is 4. The van der Waals surface area contributed by atoms with Gasteiger partial charge in [-0.15, -0.1) is 0 Å². The first kappa shape index (κ1) is 11.1. The van der Waals surface area contributed by atoms with Gasteiger partial charge < -0.3 is 11.5 Å². The summed E-state index contributed by atoms with van der Waals surface area (Å²) >= 11 is 0. The molecule has 0 radical (unpaired) electrons. The van der Waals surface area contributed by atoms with Crippen LogP contribution in [0.5, 0.6) is 0 Å². The van der Waals surface area contributed by atoms with Gasteiger partial charge in [0, 0.05) is 0 Å². The van der Waals surface area contributed by atoms with E-state index in [1.54, 1.807) is 6.07 Å². The molecule has 0 spiro atoms. The van der Waals surface area contributed by atoms with E-state index in [1.165, 1.54) is 6.07 Å². The largest absolute Gasteiger partial charge is 0.330 e. The van der Waals surface area contributed by atoms with E-state index in [4.69, 9.17) is 11.5 Å². The summed E-state index contributed by atoms with van der Waals surface area (Å²) in [6, 6.07) is 3.86. The van der Waals surface area contributed by atoms with Crippen LogP contribution in [-0.4, -0.2) is 13.1 Å². The SMILES string of the molecule is NCC(CN)Cc1ccc(F)c(F)c1. The van der Waals surface area contributed by atoms with Crippen LogP contribution in [0.25, 0.3) is 0 Å². The Morgan fingerprint density at radius 3 is 2.21 bits per heavy atom. The van der Waals surface area contributed by atoms with Crippen LogP contribution in [0.3, 0.4) is 0 Å². The third kappa shape index (κ3) is 2.75. The summed E-state index contributed by atoms with van der Waals surface area (Å²) in [7, 11) is 0. The zero-order valence-corrected chi connectivity index (χ0v) is 7.84. The van der Waals surface area contributed by atoms with Crippen molar-refractivity contribution in [3.05, 3.63) is 35.4 Å². The molecule has 0 atom stereocenters. The van der Waals surface area contributed by atoms with Crippen LogP contribution in [-0.2, 0) is 6.42 Å². The second-order valence-corrected chi connectivity index (χ2v) is 3.29. The first-order valence-corrected chi connectivity index (χ1v) is 4.51. The van der Waals surface area contributed by atoms with Crippen molar-refractivity contribution in [2.75, 3.05) is 13.1 Å². The van der Waals surface area contributed by atoms with Gasteiger partial charge in [0.25, 0.3) is 0 Å². The van der Waals surface area contributed by atoms with Crippen molar-refractivity contribution in [3.63, 3.8) is 0 Å². The Labute approximate surface area is 81.9 Å². The van der Waals surface area contributed by atoms with E-state index in [0.29, 0.717) is 19.5 Å². The predicted octanol–water partition coefficient (Wildman–Crippen LogP) is 1.04. The maximum Gasteiger partial charge on any atom is 0.159 e. The van der Waals surface area contributed by atoms with Crippen molar-refractivity contribution < 1.29 is 8.78 Å². The van der Waals surface area contributed by atoms with Gasteiger partial charge in [-0.25, -0.2) is 8.78 Å². The number of nitrogens with two attached hydrogens (primary N) is 2. The number of hydrogen-bond acceptors (Lipinski definition) is 2. The second kappa shape index (κ2) is 5.02. The smallest absolute Gasteiger partial charge is 0.159 e. The first-order chi connectivity index (χ1) is 6.67. The summed E-state index contributed by atoms with van der Waals surface area (Å²) in [5.74, 6) is -1.53. The van der Waals surface area contributed by atoms with E-state index < -0.39 is 11.6 Å². The average molecular weight is 200 g/mol. The minimum absolute atomic E-state index is 0.125. The Bertz CT molecular complexity index is 298. The molecule has 1 rings (SSSR count). The Kier molecular flexibility index (Phi) is 3.98. The molecule has 0 saturated heterocycles. The molecule has 4 N–H and O–H groups in total. The molecule has 1 aromatic carbocycles. The summed E-state index contributed by atoms with van der Waals surface area (Å²) in [6.45, 7) is 0.908. The maximum absolute atomic E-state index is 12.8. The molecule has 0 aliphatic heterocycles. The van der Waals surface area contributed by atoms with Crippen molar-refractivity contribution in [1.29, 1.82) is 0 Å². The molecule has 0 aromatic heterocycles. The van der Waals surface area contributed by atoms with Crippen molar-refractivity contribution in [2.45, 2.75) is 6.42 Å². The van der Waals surface area contributed by atoms with E-state index in [9.17, 15) is 8.78 Å². The molecule has 0 amide bonds. The summed E-state index contributed by atoms with van der Waals surface area (Å²) in [6.07, 6.45) is 0.588. The zero-order chi connectivity index (χ0) is 10.6. The van der Waals surface area contributed by atoms with E-state index in [0.717, 1.165) is 11.6 Å². The van der Waals surface area contributed by atoms with Gasteiger partial charge in [0.05, 0.1) is 0 Å². The van der Waals surface area contributed by atoms with Crippen LogP contribution in [0.4, 0.5) is 8.78 Å². The lowest BCUT2D eigenvalue weighted by atomic mass is 9.99. The van der Waals surface area contributed by atoms with E-state index in [-0.39, 0.29) is 5.92 Å². The molecular weight excluding hydrogens is 186 g/mol. The molecule has 0 bridgehead atoms. The molecule has 14 heavy (non-hydrogen) atoms. The van der Waals surface area contributed by atoms with Crippen LogP contribution in [0.15, 0.2) is 18.2 Å². The standard InChI is InChI=1S/C10H14F2N2/c11-9-2-1-7(4-10(9)12)3-8(5-13)6-14/h1-2,4,8H,3,5-6,13-14H2. The van der Waals surface area contributed by atoms with Gasteiger partial charge in [-0.1, -0.05) is 6.07 Å². The van der Waals surface area contributed by atoms with Gasteiger partial charge in [-0.3, -0.25) is 0 Å². The summed E-state index contributed by atoms with van der Waals surface area (Å²) in [5.41, 5.74) is 11.6. The lowest BCUT2D eigenvalue weighted by Gasteiger charge is -2.11. The molecular formula is C10H14F2N2. The molecule has 0 unspecified atom stereocenters. The minimum Gasteiger partial charge on any atom is -0.330 e. The zero-order valence-electron chi connectivity index (χ0n) is 7.84. The van der Waals surface area contributed by atoms with E-state index in [1.807, 2.05) is 0 Å². The third-order valence-electron chi connectivity index (χ3n) is 2.18. The highest BCUT2D eigenvalue weighted by atomic mass is 19.2. The molecule has 0 aliphatic rings. The lowest BCUT2D eigenvalue weighted by Crippen LogP contribution is -2.25. The summed E-state index contributed by atoms with van der Waals surface area (Å²) < 4.78 is 25.4. The Morgan fingerprint density at radius 1 is 1.07 bits per heavy atom. The topological polar surface area (TPSA) is 52.0 Å². The van der Waals surface area contributed by atoms with Gasteiger partial charge in [0.2, 0.25) is 0 Å². The van der Waals surface area contributed by atoms with E-state index >= 15 is 0 Å². The number of hydrogen-bond donors (Lipinski definition) is 2. The second-order valence-electron chi connectivity index (χ2n) is 3.29. The number of benzene rings is 1. The molecule has 78 valence electrons. The van der Waals surface area contributed by atoms with Crippen molar-refractivity contribution in [2.24, 2.45) is 17.4 Å². The molecule has 0 aliphatic carbocycles. The van der Waals surface area contributed by atoms with Gasteiger partial charge >= 0.3 is 0 Å². The van der Waals surface area contributed by atoms with Crippen molar-refractivity contribution in [1.82, 2.24) is 0 Å². The fourth-order valence-corrected chi connectivity index (χ4v) is 1.26. The number of halogens is 2. The molecule has 2 nitrogen and oxygen atoms in total. The average Bonchev–Trinajstić information content (AvgIpc) is 2.19. The molecule has 4 heteroatoms. The van der Waals surface area contributed by atoms with Crippen molar-refractivity contribution in [3.8, 4) is 0 Å². The highest BCUT2D eigenvalue weighted by Gasteiger charge is 2.08. The van der Waals surface area contributed by atoms with E-state index in [2.05, 4.69) is 0 Å². The monoisotopic (exact) mass is 200 g/mol. The quantitative estimate of drug-likeness (QED) is 0.763. The lowest BCUT2D eigenvalue weighted by molar-refractivity contribution is 0.501. The Balaban J connectivity index is 2.72. The fourth-order valence-electron chi connectivity index (χ4n) is 1.26. The normalized spacial score (nSPS) is 10.9. The van der Waals surface area contributed by atoms with Crippen molar-refractivity contribution >= 4 is 0 Å². The molecule has 0 fully saturated rings. The van der Waals surface area contributed by atoms with Gasteiger partial charge in [0.1, 0.15) is 0 Å². The Hall–Kier alpha value is -1.00. The van der Waals surface area contributed by atoms with Crippen LogP contribution in [0.1, 0.15) is 5.56 Å². The van der Waals surface area contributed by atoms with Crippen LogP contribution in [0, 0.1) is 17.6 Å². The van der Waals surface area contributed by atoms with Crippen LogP contribution >= 0.6 is 0 Å². The third-order valence-corrected chi connectivity index (χ3v) is 2.18. The highest BCUT2D eigenvalue weighted by Crippen LogP contribution is 2.12. The molecule has 0 heterocycles. The summed E-state index contributed by atoms with van der Waals surface area (Å²) in [5, 5.41) is 0. The highest BCUT2D eigenvalue weighted by molar-refractivity contribution is 5.18. The molecule has 0 saturated carbocycles. The maximum atomic E-state index is 12.8. The van der Waals surface area contributed by atoms with Gasteiger partial charge in [-0.05, 0) is 43.1 Å². The molecule has 1 aromatic rings. The van der Waals surface area contributed by atoms with Crippen LogP contribution < -0.4 is 11.5 Å². The van der Waals surface area contributed by atoms with Gasteiger partial charge in [0.15, 0.2) is 11.6 Å². The minimum atomic E-state index is -0.828.